The largest absolute Gasteiger partial charge is 0.299 e. The molecule has 0 bridgehead atoms. The maximum absolute atomic E-state index is 4.51. The smallest absolute Gasteiger partial charge is 0.0411 e. The van der Waals surface area contributed by atoms with E-state index in [1.54, 1.807) is 0 Å². The quantitative estimate of drug-likeness (QED) is 0.645. The summed E-state index contributed by atoms with van der Waals surface area (Å²) in [6, 6.07) is 6.71. The third-order valence-electron chi connectivity index (χ3n) is 5.28. The Bertz CT molecular complexity index is 499. The molecule has 1 aliphatic rings. The molecule has 1 unspecified atom stereocenters. The highest BCUT2D eigenvalue weighted by Gasteiger charge is 2.21. The van der Waals surface area contributed by atoms with E-state index in [0.29, 0.717) is 0 Å². The van der Waals surface area contributed by atoms with Crippen LogP contribution in [0.15, 0.2) is 23.2 Å². The van der Waals surface area contributed by atoms with Crippen LogP contribution in [0.2, 0.25) is 0 Å². The first-order valence-corrected chi connectivity index (χ1v) is 9.35. The highest BCUT2D eigenvalue weighted by atomic mass is 15.1. The van der Waals surface area contributed by atoms with Crippen molar-refractivity contribution in [2.45, 2.75) is 59.9 Å². The number of nitrogens with zero attached hydrogens (tertiary/aromatic N) is 2. The summed E-state index contributed by atoms with van der Waals surface area (Å²) in [5, 5.41) is 0. The zero-order valence-electron chi connectivity index (χ0n) is 15.5. The molecular weight excluding hydrogens is 280 g/mol. The zero-order valence-corrected chi connectivity index (χ0v) is 15.5. The molecule has 1 atom stereocenters. The van der Waals surface area contributed by atoms with Crippen molar-refractivity contribution in [3.05, 3.63) is 34.9 Å². The van der Waals surface area contributed by atoms with Gasteiger partial charge in [0.05, 0.1) is 0 Å². The van der Waals surface area contributed by atoms with Crippen molar-refractivity contribution in [2.24, 2.45) is 16.8 Å². The van der Waals surface area contributed by atoms with Crippen LogP contribution in [-0.4, -0.2) is 30.7 Å². The van der Waals surface area contributed by atoms with Gasteiger partial charge in [0, 0.05) is 13.1 Å². The van der Waals surface area contributed by atoms with Crippen LogP contribution in [0, 0.1) is 25.7 Å². The van der Waals surface area contributed by atoms with Crippen LogP contribution in [-0.2, 0) is 6.54 Å². The number of hydrogen-bond donors (Lipinski definition) is 0. The Kier molecular flexibility index (Phi) is 7.29. The second-order valence-electron chi connectivity index (χ2n) is 7.38. The van der Waals surface area contributed by atoms with E-state index in [1.807, 2.05) is 0 Å². The van der Waals surface area contributed by atoms with Gasteiger partial charge in [-0.1, -0.05) is 32.0 Å². The number of rotatable bonds is 7. The molecule has 0 aromatic heterocycles. The van der Waals surface area contributed by atoms with Crippen molar-refractivity contribution in [1.29, 1.82) is 0 Å². The van der Waals surface area contributed by atoms with Gasteiger partial charge in [0.15, 0.2) is 0 Å². The van der Waals surface area contributed by atoms with Crippen molar-refractivity contribution in [3.63, 3.8) is 0 Å². The fraction of sp³-hybridized carbons (Fsp3) is 0.667. The summed E-state index contributed by atoms with van der Waals surface area (Å²) >= 11 is 0. The number of likely N-dealkylation sites (tertiary alicyclic amines) is 1. The topological polar surface area (TPSA) is 15.6 Å². The van der Waals surface area contributed by atoms with Gasteiger partial charge in [0.1, 0.15) is 0 Å². The second kappa shape index (κ2) is 9.22. The number of benzene rings is 1. The van der Waals surface area contributed by atoms with Gasteiger partial charge in [-0.05, 0) is 87.4 Å². The van der Waals surface area contributed by atoms with E-state index in [2.05, 4.69) is 62.0 Å². The molecule has 0 N–H and O–H groups in total. The number of aliphatic imine (C=N–C) groups is 1. The van der Waals surface area contributed by atoms with Crippen molar-refractivity contribution < 1.29 is 0 Å². The van der Waals surface area contributed by atoms with Gasteiger partial charge < -0.3 is 0 Å². The molecule has 1 fully saturated rings. The summed E-state index contributed by atoms with van der Waals surface area (Å²) in [4.78, 5) is 7.15. The molecule has 0 saturated carbocycles. The number of aryl methyl sites for hydroxylation is 1. The first-order chi connectivity index (χ1) is 11.1. The van der Waals surface area contributed by atoms with Crippen LogP contribution < -0.4 is 0 Å². The van der Waals surface area contributed by atoms with Crippen molar-refractivity contribution in [3.8, 4) is 0 Å². The Balaban J connectivity index is 1.75. The van der Waals surface area contributed by atoms with Crippen LogP contribution in [0.1, 0.15) is 56.2 Å². The molecule has 2 rings (SSSR count). The molecule has 1 heterocycles. The standard InChI is InChI=1S/C21H34N2/c1-5-11-22-15-17(2)14-20-9-12-23(13-10-20)16-21-8-6-7-18(3)19(21)4/h6-8,11,17,20H,5,9-10,12-16H2,1-4H3. The molecule has 1 aromatic rings. The molecule has 1 saturated heterocycles. The Labute approximate surface area is 143 Å². The van der Waals surface area contributed by atoms with E-state index in [1.165, 1.54) is 49.0 Å². The van der Waals surface area contributed by atoms with Crippen LogP contribution in [0.4, 0.5) is 0 Å². The first-order valence-electron chi connectivity index (χ1n) is 9.35. The molecule has 0 amide bonds. The van der Waals surface area contributed by atoms with Crippen molar-refractivity contribution >= 4 is 6.21 Å². The predicted octanol–water partition coefficient (Wildman–Crippen LogP) is 5.02. The highest BCUT2D eigenvalue weighted by Crippen LogP contribution is 2.26. The van der Waals surface area contributed by atoms with Gasteiger partial charge in [-0.2, -0.15) is 0 Å². The third-order valence-corrected chi connectivity index (χ3v) is 5.28. The lowest BCUT2D eigenvalue weighted by molar-refractivity contribution is 0.163. The number of piperidine rings is 1. The molecule has 23 heavy (non-hydrogen) atoms. The van der Waals surface area contributed by atoms with Gasteiger partial charge in [-0.15, -0.1) is 0 Å². The van der Waals surface area contributed by atoms with Gasteiger partial charge in [-0.3, -0.25) is 9.89 Å². The van der Waals surface area contributed by atoms with E-state index in [0.717, 1.165) is 31.3 Å². The monoisotopic (exact) mass is 314 g/mol. The Hall–Kier alpha value is -1.15. The normalized spacial score (nSPS) is 18.6. The summed E-state index contributed by atoms with van der Waals surface area (Å²) < 4.78 is 0. The molecule has 0 radical (unpaired) electrons. The van der Waals surface area contributed by atoms with Gasteiger partial charge in [0.25, 0.3) is 0 Å². The SMILES string of the molecule is CCC=NCC(C)CC1CCN(Cc2cccc(C)c2C)CC1. The molecule has 128 valence electrons. The fourth-order valence-corrected chi connectivity index (χ4v) is 3.63. The molecule has 2 nitrogen and oxygen atoms in total. The van der Waals surface area contributed by atoms with Crippen molar-refractivity contribution in [2.75, 3.05) is 19.6 Å². The summed E-state index contributed by atoms with van der Waals surface area (Å²) in [7, 11) is 0. The third kappa shape index (κ3) is 5.76. The molecule has 2 heteroatoms. The maximum Gasteiger partial charge on any atom is 0.0411 e. The van der Waals surface area contributed by atoms with E-state index in [4.69, 9.17) is 0 Å². The lowest BCUT2D eigenvalue weighted by Crippen LogP contribution is -2.34. The van der Waals surface area contributed by atoms with E-state index in [9.17, 15) is 0 Å². The molecule has 1 aromatic carbocycles. The van der Waals surface area contributed by atoms with Gasteiger partial charge in [-0.25, -0.2) is 0 Å². The lowest BCUT2D eigenvalue weighted by Gasteiger charge is -2.33. The Morgan fingerprint density at radius 1 is 1.26 bits per heavy atom. The first kappa shape index (κ1) is 18.2. The Morgan fingerprint density at radius 3 is 2.70 bits per heavy atom. The van der Waals surface area contributed by atoms with Crippen LogP contribution in [0.3, 0.4) is 0 Å². The number of hydrogen-bond acceptors (Lipinski definition) is 2. The summed E-state index contributed by atoms with van der Waals surface area (Å²) in [5.41, 5.74) is 4.39. The van der Waals surface area contributed by atoms with E-state index in [-0.39, 0.29) is 0 Å². The second-order valence-corrected chi connectivity index (χ2v) is 7.38. The average Bonchev–Trinajstić information content (AvgIpc) is 2.54. The van der Waals surface area contributed by atoms with Crippen LogP contribution in [0.25, 0.3) is 0 Å². The molecule has 0 aliphatic carbocycles. The predicted molar refractivity (Wildman–Crippen MR) is 101 cm³/mol. The van der Waals surface area contributed by atoms with Gasteiger partial charge >= 0.3 is 0 Å². The average molecular weight is 315 g/mol. The van der Waals surface area contributed by atoms with E-state index < -0.39 is 0 Å². The van der Waals surface area contributed by atoms with E-state index >= 15 is 0 Å². The maximum atomic E-state index is 4.51. The molecule has 1 aliphatic heterocycles. The minimum absolute atomic E-state index is 0.730. The highest BCUT2D eigenvalue weighted by molar-refractivity contribution is 5.56. The molecule has 0 spiro atoms. The summed E-state index contributed by atoms with van der Waals surface area (Å²) in [6.07, 6.45) is 7.17. The zero-order chi connectivity index (χ0) is 16.7. The van der Waals surface area contributed by atoms with Gasteiger partial charge in [0.2, 0.25) is 0 Å². The minimum Gasteiger partial charge on any atom is -0.299 e. The molecular formula is C21H34N2. The minimum atomic E-state index is 0.730. The Morgan fingerprint density at radius 2 is 2.00 bits per heavy atom. The van der Waals surface area contributed by atoms with Crippen LogP contribution in [0.5, 0.6) is 0 Å². The lowest BCUT2D eigenvalue weighted by atomic mass is 9.87. The summed E-state index contributed by atoms with van der Waals surface area (Å²) in [6.45, 7) is 13.6. The fourth-order valence-electron chi connectivity index (χ4n) is 3.63. The van der Waals surface area contributed by atoms with Crippen LogP contribution >= 0.6 is 0 Å². The summed E-state index contributed by atoms with van der Waals surface area (Å²) in [5.74, 6) is 1.63. The van der Waals surface area contributed by atoms with Crippen molar-refractivity contribution in [1.82, 2.24) is 4.90 Å².